The van der Waals surface area contributed by atoms with E-state index in [0.717, 1.165) is 0 Å². The topological polar surface area (TPSA) is 131 Å². The van der Waals surface area contributed by atoms with Crippen LogP contribution in [0.15, 0.2) is 18.2 Å². The third-order valence-corrected chi connectivity index (χ3v) is 3.98. The van der Waals surface area contributed by atoms with Crippen LogP contribution in [-0.2, 0) is 4.74 Å². The molecule has 128 valence electrons. The van der Waals surface area contributed by atoms with Crippen LogP contribution in [0.4, 0.5) is 5.82 Å². The summed E-state index contributed by atoms with van der Waals surface area (Å²) in [6, 6.07) is 7.23. The molecular formula is C17H16N4O4. The van der Waals surface area contributed by atoms with Gasteiger partial charge in [-0.25, -0.2) is 9.78 Å². The monoisotopic (exact) mass is 340 g/mol. The molecule has 8 heteroatoms. The highest BCUT2D eigenvalue weighted by Crippen LogP contribution is 2.30. The van der Waals surface area contributed by atoms with Crippen molar-refractivity contribution < 1.29 is 19.4 Å². The minimum Gasteiger partial charge on any atom is -0.477 e. The summed E-state index contributed by atoms with van der Waals surface area (Å²) in [6.07, 6.45) is 0.355. The highest BCUT2D eigenvalue weighted by molar-refractivity contribution is 5.95. The van der Waals surface area contributed by atoms with Gasteiger partial charge in [0.2, 0.25) is 5.88 Å². The van der Waals surface area contributed by atoms with Gasteiger partial charge in [-0.05, 0) is 18.6 Å². The fourth-order valence-electron chi connectivity index (χ4n) is 2.63. The lowest BCUT2D eigenvalue weighted by Gasteiger charge is -2.15. The maximum Gasteiger partial charge on any atom is 0.345 e. The highest BCUT2D eigenvalue weighted by Gasteiger charge is 2.26. The van der Waals surface area contributed by atoms with Gasteiger partial charge in [-0.2, -0.15) is 10.2 Å². The molecule has 0 bridgehead atoms. The molecule has 2 heterocycles. The van der Waals surface area contributed by atoms with Crippen molar-refractivity contribution in [2.75, 3.05) is 18.9 Å². The largest absolute Gasteiger partial charge is 0.477 e. The summed E-state index contributed by atoms with van der Waals surface area (Å²) in [5.74, 6) is -1.33. The quantitative estimate of drug-likeness (QED) is 0.860. The first kappa shape index (κ1) is 16.7. The number of hydrogen-bond acceptors (Lipinski definition) is 7. The second kappa shape index (κ2) is 6.75. The maximum absolute atomic E-state index is 11.5. The second-order valence-corrected chi connectivity index (χ2v) is 5.61. The molecule has 1 aliphatic rings. The van der Waals surface area contributed by atoms with Gasteiger partial charge >= 0.3 is 5.97 Å². The normalized spacial score (nSPS) is 16.4. The molecule has 2 aromatic rings. The number of nitrogen functional groups attached to an aromatic ring is 1. The molecule has 8 nitrogen and oxygen atoms in total. The molecule has 25 heavy (non-hydrogen) atoms. The average molecular weight is 340 g/mol. The van der Waals surface area contributed by atoms with E-state index in [0.29, 0.717) is 36.3 Å². The van der Waals surface area contributed by atoms with Crippen molar-refractivity contribution in [1.82, 2.24) is 9.97 Å². The van der Waals surface area contributed by atoms with Gasteiger partial charge in [-0.1, -0.05) is 12.1 Å². The summed E-state index contributed by atoms with van der Waals surface area (Å²) in [7, 11) is 0. The van der Waals surface area contributed by atoms with Crippen molar-refractivity contribution >= 4 is 11.8 Å². The van der Waals surface area contributed by atoms with E-state index < -0.39 is 5.97 Å². The average Bonchev–Trinajstić information content (AvgIpc) is 3.07. The third-order valence-electron chi connectivity index (χ3n) is 3.98. The van der Waals surface area contributed by atoms with Crippen LogP contribution in [0.3, 0.4) is 0 Å². The number of aromatic carboxylic acids is 1. The molecule has 0 aliphatic carbocycles. The lowest BCUT2D eigenvalue weighted by atomic mass is 10.0. The predicted octanol–water partition coefficient (Wildman–Crippen LogP) is 1.77. The first-order chi connectivity index (χ1) is 12.0. The van der Waals surface area contributed by atoms with Crippen molar-refractivity contribution in [3.8, 4) is 23.3 Å². The predicted molar refractivity (Wildman–Crippen MR) is 88.1 cm³/mol. The van der Waals surface area contributed by atoms with E-state index in [1.54, 1.807) is 25.1 Å². The van der Waals surface area contributed by atoms with Crippen LogP contribution in [0.5, 0.6) is 5.88 Å². The summed E-state index contributed by atoms with van der Waals surface area (Å²) in [5, 5.41) is 18.6. The Kier molecular flexibility index (Phi) is 4.50. The van der Waals surface area contributed by atoms with E-state index in [2.05, 4.69) is 16.0 Å². The number of nitrogens with two attached hydrogens (primary N) is 1. The van der Waals surface area contributed by atoms with Crippen molar-refractivity contribution in [2.45, 2.75) is 19.4 Å². The number of carbonyl (C=O) groups is 1. The van der Waals surface area contributed by atoms with Crippen LogP contribution < -0.4 is 10.5 Å². The lowest BCUT2D eigenvalue weighted by molar-refractivity contribution is 0.0686. The van der Waals surface area contributed by atoms with Crippen LogP contribution in [0.25, 0.3) is 11.4 Å². The summed E-state index contributed by atoms with van der Waals surface area (Å²) in [5.41, 5.74) is 7.33. The lowest BCUT2D eigenvalue weighted by Crippen LogP contribution is -2.20. The number of carboxylic acids is 1. The number of aromatic nitrogens is 2. The number of anilines is 1. The van der Waals surface area contributed by atoms with E-state index in [1.807, 2.05) is 0 Å². The number of nitriles is 1. The Hall–Kier alpha value is -3.18. The molecule has 0 radical (unpaired) electrons. The summed E-state index contributed by atoms with van der Waals surface area (Å²) in [6.45, 7) is 2.68. The molecule has 0 amide bonds. The van der Waals surface area contributed by atoms with E-state index >= 15 is 0 Å². The highest BCUT2D eigenvalue weighted by atomic mass is 16.5. The van der Waals surface area contributed by atoms with Crippen LogP contribution in [0.1, 0.15) is 27.9 Å². The maximum atomic E-state index is 11.5. The Bertz CT molecular complexity index is 870. The SMILES string of the molecule is Cc1c(C#N)cccc1-c1nc(N)c(C(=O)O)c(OC2CCOC2)n1. The number of rotatable bonds is 4. The number of nitrogens with zero attached hydrogens (tertiary/aromatic N) is 3. The van der Waals surface area contributed by atoms with Gasteiger partial charge in [0, 0.05) is 12.0 Å². The van der Waals surface area contributed by atoms with E-state index in [9.17, 15) is 15.2 Å². The number of hydrogen-bond donors (Lipinski definition) is 2. The smallest absolute Gasteiger partial charge is 0.345 e. The summed E-state index contributed by atoms with van der Waals surface area (Å²) in [4.78, 5) is 19.9. The zero-order chi connectivity index (χ0) is 18.0. The van der Waals surface area contributed by atoms with Crippen molar-refractivity contribution in [3.05, 3.63) is 34.9 Å². The third kappa shape index (κ3) is 3.22. The number of carboxylic acid groups (broad SMARTS) is 1. The van der Waals surface area contributed by atoms with E-state index in [1.165, 1.54) is 0 Å². The van der Waals surface area contributed by atoms with Gasteiger partial charge in [0.25, 0.3) is 0 Å². The zero-order valence-corrected chi connectivity index (χ0v) is 13.5. The van der Waals surface area contributed by atoms with Gasteiger partial charge in [0.15, 0.2) is 11.4 Å². The van der Waals surface area contributed by atoms with Crippen LogP contribution in [-0.4, -0.2) is 40.4 Å². The van der Waals surface area contributed by atoms with Crippen molar-refractivity contribution in [2.24, 2.45) is 0 Å². The minimum atomic E-state index is -1.26. The second-order valence-electron chi connectivity index (χ2n) is 5.61. The van der Waals surface area contributed by atoms with Gasteiger partial charge in [-0.3, -0.25) is 0 Å². The Labute approximate surface area is 143 Å². The molecule has 0 saturated carbocycles. The first-order valence-electron chi connectivity index (χ1n) is 7.66. The van der Waals surface area contributed by atoms with Gasteiger partial charge in [-0.15, -0.1) is 0 Å². The van der Waals surface area contributed by atoms with Crippen molar-refractivity contribution in [1.29, 1.82) is 5.26 Å². The van der Waals surface area contributed by atoms with E-state index in [-0.39, 0.29) is 29.2 Å². The molecule has 1 aliphatic heterocycles. The summed E-state index contributed by atoms with van der Waals surface area (Å²) < 4.78 is 10.9. The van der Waals surface area contributed by atoms with Crippen LogP contribution >= 0.6 is 0 Å². The molecule has 1 aromatic carbocycles. The molecule has 3 N–H and O–H groups in total. The molecular weight excluding hydrogens is 324 g/mol. The Morgan fingerprint density at radius 3 is 2.92 bits per heavy atom. The van der Waals surface area contributed by atoms with Crippen LogP contribution in [0, 0.1) is 18.3 Å². The molecule has 1 atom stereocenters. The Morgan fingerprint density at radius 1 is 1.48 bits per heavy atom. The van der Waals surface area contributed by atoms with Gasteiger partial charge < -0.3 is 20.3 Å². The molecule has 1 saturated heterocycles. The Balaban J connectivity index is 2.11. The summed E-state index contributed by atoms with van der Waals surface area (Å²) >= 11 is 0. The van der Waals surface area contributed by atoms with Gasteiger partial charge in [0.1, 0.15) is 11.9 Å². The van der Waals surface area contributed by atoms with Crippen LogP contribution in [0.2, 0.25) is 0 Å². The number of benzene rings is 1. The molecule has 1 fully saturated rings. The Morgan fingerprint density at radius 2 is 2.28 bits per heavy atom. The molecule has 1 unspecified atom stereocenters. The van der Waals surface area contributed by atoms with E-state index in [4.69, 9.17) is 15.2 Å². The molecule has 0 spiro atoms. The fourth-order valence-corrected chi connectivity index (χ4v) is 2.63. The standard InChI is InChI=1S/C17H16N4O4/c1-9-10(7-18)3-2-4-12(9)15-20-14(19)13(17(22)23)16(21-15)25-11-5-6-24-8-11/h2-4,11H,5-6,8H2,1H3,(H,22,23)(H2,19,20,21). The zero-order valence-electron chi connectivity index (χ0n) is 13.5. The number of ether oxygens (including phenoxy) is 2. The first-order valence-corrected chi connectivity index (χ1v) is 7.66. The molecule has 1 aromatic heterocycles. The minimum absolute atomic E-state index is 0.0905. The fraction of sp³-hybridized carbons (Fsp3) is 0.294. The van der Waals surface area contributed by atoms with Gasteiger partial charge in [0.05, 0.1) is 24.8 Å². The molecule has 3 rings (SSSR count). The van der Waals surface area contributed by atoms with Crippen molar-refractivity contribution in [3.63, 3.8) is 0 Å².